The molecule has 3 heterocycles. The van der Waals surface area contributed by atoms with Crippen molar-refractivity contribution in [2.24, 2.45) is 0 Å². The SMILES string of the molecule is Cc1nc(C2(NC(=O)C(C)n3c(-c4cccs4)n[nH]c3=S)CCCCCC2)no1. The normalized spacial score (nSPS) is 17.6. The molecule has 10 heteroatoms. The number of aromatic nitrogens is 5. The van der Waals surface area contributed by atoms with Crippen LogP contribution < -0.4 is 5.32 Å². The number of hydrogen-bond donors (Lipinski definition) is 2. The van der Waals surface area contributed by atoms with Crippen molar-refractivity contribution in [2.75, 3.05) is 0 Å². The van der Waals surface area contributed by atoms with Gasteiger partial charge in [-0.2, -0.15) is 10.1 Å². The third-order valence-corrected chi connectivity index (χ3v) is 6.64. The quantitative estimate of drug-likeness (QED) is 0.461. The second kappa shape index (κ2) is 8.19. The minimum atomic E-state index is -0.616. The van der Waals surface area contributed by atoms with Crippen molar-refractivity contribution in [3.05, 3.63) is 34.0 Å². The van der Waals surface area contributed by atoms with E-state index in [1.54, 1.807) is 22.8 Å². The molecule has 3 aromatic rings. The summed E-state index contributed by atoms with van der Waals surface area (Å²) in [5, 5.41) is 16.6. The maximum Gasteiger partial charge on any atom is 0.243 e. The Bertz CT molecular complexity index is 1030. The van der Waals surface area contributed by atoms with E-state index < -0.39 is 11.6 Å². The van der Waals surface area contributed by atoms with Crippen molar-refractivity contribution in [3.8, 4) is 10.7 Å². The molecule has 1 fully saturated rings. The maximum absolute atomic E-state index is 13.4. The number of carbonyl (C=O) groups excluding carboxylic acids is 1. The lowest BCUT2D eigenvalue weighted by Gasteiger charge is -2.32. The molecule has 0 bridgehead atoms. The molecule has 1 aliphatic rings. The van der Waals surface area contributed by atoms with Crippen LogP contribution in [0.5, 0.6) is 0 Å². The highest BCUT2D eigenvalue weighted by atomic mass is 32.1. The first-order chi connectivity index (χ1) is 14.0. The topological polar surface area (TPSA) is 102 Å². The molecule has 4 rings (SSSR count). The standard InChI is InChI=1S/C19H24N6O2S2/c1-12(25-15(22-23-18(25)28)14-8-7-11-29-14)16(26)21-19(9-5-3-4-6-10-19)17-20-13(2)27-24-17/h7-8,11-12H,3-6,9-10H2,1-2H3,(H,21,26)(H,23,28). The van der Waals surface area contributed by atoms with Crippen LogP contribution in [0.3, 0.4) is 0 Å². The van der Waals surface area contributed by atoms with Crippen molar-refractivity contribution in [1.29, 1.82) is 0 Å². The van der Waals surface area contributed by atoms with Gasteiger partial charge in [-0.1, -0.05) is 36.9 Å². The van der Waals surface area contributed by atoms with Gasteiger partial charge in [-0.05, 0) is 43.4 Å². The number of H-pyrrole nitrogens is 1. The molecule has 1 aliphatic carbocycles. The summed E-state index contributed by atoms with van der Waals surface area (Å²) in [5.41, 5.74) is -0.616. The van der Waals surface area contributed by atoms with E-state index in [0.717, 1.165) is 43.4 Å². The fourth-order valence-electron chi connectivity index (χ4n) is 3.93. The van der Waals surface area contributed by atoms with Gasteiger partial charge in [-0.3, -0.25) is 14.5 Å². The second-order valence-corrected chi connectivity index (χ2v) is 8.83. The van der Waals surface area contributed by atoms with Crippen LogP contribution in [0.2, 0.25) is 0 Å². The van der Waals surface area contributed by atoms with E-state index in [2.05, 4.69) is 25.7 Å². The van der Waals surface area contributed by atoms with Gasteiger partial charge >= 0.3 is 0 Å². The smallest absolute Gasteiger partial charge is 0.243 e. The molecule has 1 amide bonds. The zero-order chi connectivity index (χ0) is 20.4. The Kier molecular flexibility index (Phi) is 5.64. The number of nitrogens with one attached hydrogen (secondary N) is 2. The van der Waals surface area contributed by atoms with Crippen molar-refractivity contribution in [1.82, 2.24) is 30.2 Å². The summed E-state index contributed by atoms with van der Waals surface area (Å²) in [4.78, 5) is 18.8. The zero-order valence-corrected chi connectivity index (χ0v) is 18.1. The van der Waals surface area contributed by atoms with E-state index in [0.29, 0.717) is 22.3 Å². The van der Waals surface area contributed by atoms with Gasteiger partial charge < -0.3 is 9.84 Å². The first kappa shape index (κ1) is 20.0. The number of aromatic amines is 1. The van der Waals surface area contributed by atoms with E-state index in [9.17, 15) is 4.79 Å². The average Bonchev–Trinajstić information content (AvgIpc) is 3.42. The summed E-state index contributed by atoms with van der Waals surface area (Å²) >= 11 is 6.98. The molecule has 8 nitrogen and oxygen atoms in total. The Balaban J connectivity index is 1.65. The Hall–Kier alpha value is -2.33. The molecule has 3 aromatic heterocycles. The van der Waals surface area contributed by atoms with Crippen LogP contribution in [0.1, 0.15) is 63.2 Å². The molecular weight excluding hydrogens is 408 g/mol. The number of amides is 1. The van der Waals surface area contributed by atoms with E-state index in [1.165, 1.54) is 0 Å². The van der Waals surface area contributed by atoms with Gasteiger partial charge in [0.15, 0.2) is 16.4 Å². The zero-order valence-electron chi connectivity index (χ0n) is 16.5. The number of rotatable bonds is 5. The van der Waals surface area contributed by atoms with Crippen molar-refractivity contribution in [2.45, 2.75) is 64.0 Å². The van der Waals surface area contributed by atoms with Crippen molar-refractivity contribution < 1.29 is 9.32 Å². The third kappa shape index (κ3) is 3.91. The number of aryl methyl sites for hydroxylation is 1. The van der Waals surface area contributed by atoms with Gasteiger partial charge in [0.1, 0.15) is 11.6 Å². The Morgan fingerprint density at radius 3 is 2.76 bits per heavy atom. The molecule has 29 heavy (non-hydrogen) atoms. The summed E-state index contributed by atoms with van der Waals surface area (Å²) in [7, 11) is 0. The highest BCUT2D eigenvalue weighted by Crippen LogP contribution is 2.35. The number of hydrogen-bond acceptors (Lipinski definition) is 7. The Labute approximate surface area is 177 Å². The van der Waals surface area contributed by atoms with E-state index in [-0.39, 0.29) is 5.91 Å². The minimum absolute atomic E-state index is 0.135. The number of thiophene rings is 1. The summed E-state index contributed by atoms with van der Waals surface area (Å²) < 4.78 is 7.42. The Morgan fingerprint density at radius 1 is 1.38 bits per heavy atom. The molecule has 0 saturated heterocycles. The third-order valence-electron chi connectivity index (χ3n) is 5.49. The predicted octanol–water partition coefficient (Wildman–Crippen LogP) is 4.29. The lowest BCUT2D eigenvalue weighted by Crippen LogP contribution is -2.48. The number of nitrogens with zero attached hydrogens (tertiary/aromatic N) is 4. The molecule has 154 valence electrons. The molecule has 1 atom stereocenters. The molecule has 0 aromatic carbocycles. The Morgan fingerprint density at radius 2 is 2.14 bits per heavy atom. The predicted molar refractivity (Wildman–Crippen MR) is 112 cm³/mol. The second-order valence-electron chi connectivity index (χ2n) is 7.50. The summed E-state index contributed by atoms with van der Waals surface area (Å²) in [6.45, 7) is 3.60. The van der Waals surface area contributed by atoms with Gasteiger partial charge in [0.25, 0.3) is 0 Å². The monoisotopic (exact) mass is 432 g/mol. The van der Waals surface area contributed by atoms with E-state index in [1.807, 2.05) is 24.4 Å². The van der Waals surface area contributed by atoms with Gasteiger partial charge in [-0.25, -0.2) is 0 Å². The van der Waals surface area contributed by atoms with E-state index >= 15 is 0 Å². The van der Waals surface area contributed by atoms with Crippen LogP contribution in [-0.4, -0.2) is 30.8 Å². The van der Waals surface area contributed by atoms with Crippen molar-refractivity contribution in [3.63, 3.8) is 0 Å². The van der Waals surface area contributed by atoms with Gasteiger partial charge in [0.05, 0.1) is 4.88 Å². The summed E-state index contributed by atoms with van der Waals surface area (Å²) in [6.07, 6.45) is 5.87. The van der Waals surface area contributed by atoms with Crippen LogP contribution in [0, 0.1) is 11.7 Å². The fraction of sp³-hybridized carbons (Fsp3) is 0.526. The fourth-order valence-corrected chi connectivity index (χ4v) is 4.93. The van der Waals surface area contributed by atoms with Crippen LogP contribution in [0.25, 0.3) is 10.7 Å². The molecule has 0 spiro atoms. The largest absolute Gasteiger partial charge is 0.341 e. The first-order valence-corrected chi connectivity index (χ1v) is 11.1. The molecule has 1 unspecified atom stereocenters. The lowest BCUT2D eigenvalue weighted by molar-refractivity contribution is -0.126. The van der Waals surface area contributed by atoms with Gasteiger partial charge in [0, 0.05) is 6.92 Å². The van der Waals surface area contributed by atoms with Crippen LogP contribution in [0.4, 0.5) is 0 Å². The van der Waals surface area contributed by atoms with Gasteiger partial charge in [-0.15, -0.1) is 11.3 Å². The average molecular weight is 433 g/mol. The number of carbonyl (C=O) groups is 1. The van der Waals surface area contributed by atoms with Gasteiger partial charge in [0.2, 0.25) is 11.8 Å². The van der Waals surface area contributed by atoms with Crippen LogP contribution in [-0.2, 0) is 10.3 Å². The highest BCUT2D eigenvalue weighted by Gasteiger charge is 2.40. The summed E-state index contributed by atoms with van der Waals surface area (Å²) in [5.74, 6) is 1.59. The molecular formula is C19H24N6O2S2. The first-order valence-electron chi connectivity index (χ1n) is 9.84. The minimum Gasteiger partial charge on any atom is -0.341 e. The molecule has 0 aliphatic heterocycles. The molecule has 0 radical (unpaired) electrons. The molecule has 1 saturated carbocycles. The summed E-state index contributed by atoms with van der Waals surface area (Å²) in [6, 6.07) is 3.38. The molecule has 2 N–H and O–H groups in total. The highest BCUT2D eigenvalue weighted by molar-refractivity contribution is 7.71. The maximum atomic E-state index is 13.4. The van der Waals surface area contributed by atoms with Crippen LogP contribution >= 0.6 is 23.6 Å². The van der Waals surface area contributed by atoms with Crippen molar-refractivity contribution >= 4 is 29.5 Å². The lowest BCUT2D eigenvalue weighted by atomic mass is 9.88. The van der Waals surface area contributed by atoms with E-state index in [4.69, 9.17) is 16.7 Å². The van der Waals surface area contributed by atoms with Crippen LogP contribution in [0.15, 0.2) is 22.0 Å².